The van der Waals surface area contributed by atoms with Crippen molar-refractivity contribution in [1.29, 1.82) is 0 Å². The van der Waals surface area contributed by atoms with Crippen molar-refractivity contribution < 1.29 is 13.6 Å². The first-order valence-electron chi connectivity index (χ1n) is 8.32. The summed E-state index contributed by atoms with van der Waals surface area (Å²) < 4.78 is 28.5. The molecule has 0 aliphatic rings. The van der Waals surface area contributed by atoms with Gasteiger partial charge in [0.1, 0.15) is 16.5 Å². The Morgan fingerprint density at radius 1 is 1.07 bits per heavy atom. The van der Waals surface area contributed by atoms with E-state index < -0.39 is 22.2 Å². The van der Waals surface area contributed by atoms with E-state index in [4.69, 9.17) is 11.6 Å². The van der Waals surface area contributed by atoms with E-state index in [1.54, 1.807) is 12.1 Å². The van der Waals surface area contributed by atoms with E-state index in [0.29, 0.717) is 10.7 Å². The monoisotopic (exact) mass is 465 g/mol. The molecular formula is C21H15BrClF2NO2. The molecule has 28 heavy (non-hydrogen) atoms. The number of hydrogen-bond acceptors (Lipinski definition) is 2. The van der Waals surface area contributed by atoms with E-state index in [9.17, 15) is 18.4 Å². The Morgan fingerprint density at radius 3 is 2.32 bits per heavy atom. The number of benzene rings is 2. The number of hydrogen-bond donors (Lipinski definition) is 0. The van der Waals surface area contributed by atoms with Crippen LogP contribution in [0.5, 0.6) is 0 Å². The number of nitrogens with zero attached hydrogens (tertiary/aromatic N) is 1. The largest absolute Gasteiger partial charge is 0.292 e. The zero-order valence-corrected chi connectivity index (χ0v) is 17.3. The van der Waals surface area contributed by atoms with Crippen molar-refractivity contribution in [2.75, 3.05) is 0 Å². The maximum absolute atomic E-state index is 14.0. The summed E-state index contributed by atoms with van der Waals surface area (Å²) in [6, 6.07) is 9.14. The zero-order valence-electron chi connectivity index (χ0n) is 15.0. The second kappa shape index (κ2) is 7.97. The van der Waals surface area contributed by atoms with Gasteiger partial charge in [-0.1, -0.05) is 33.6 Å². The van der Waals surface area contributed by atoms with Crippen molar-refractivity contribution >= 4 is 33.3 Å². The number of carbonyl (C=O) groups excluding carboxylic acids is 1. The molecule has 3 nitrogen and oxygen atoms in total. The van der Waals surface area contributed by atoms with Gasteiger partial charge in [-0.3, -0.25) is 14.2 Å². The van der Waals surface area contributed by atoms with Gasteiger partial charge in [0.2, 0.25) is 0 Å². The summed E-state index contributed by atoms with van der Waals surface area (Å²) in [5.74, 6) is -2.01. The predicted octanol–water partition coefficient (Wildman–Crippen LogP) is 5.70. The molecule has 0 N–H and O–H groups in total. The standard InChI is InChI=1S/C21H15BrClF2NO2/c1-11-7-14(23)8-12(2)20(11)26-10-13(3-6-18(26)27)21(28)19(22)16-5-4-15(24)9-17(16)25/h3-10,19H,1-2H3. The molecule has 2 aromatic carbocycles. The highest BCUT2D eigenvalue weighted by atomic mass is 79.9. The molecule has 0 saturated carbocycles. The van der Waals surface area contributed by atoms with Crippen LogP contribution in [-0.4, -0.2) is 10.4 Å². The highest BCUT2D eigenvalue weighted by molar-refractivity contribution is 9.09. The molecule has 0 aliphatic heterocycles. The molecule has 7 heteroatoms. The molecule has 1 aromatic heterocycles. The van der Waals surface area contributed by atoms with Crippen LogP contribution in [0, 0.1) is 25.5 Å². The van der Waals surface area contributed by atoms with Gasteiger partial charge >= 0.3 is 0 Å². The van der Waals surface area contributed by atoms with Gasteiger partial charge in [-0.25, -0.2) is 8.78 Å². The average molecular weight is 467 g/mol. The van der Waals surface area contributed by atoms with Crippen molar-refractivity contribution in [3.8, 4) is 5.69 Å². The number of Topliss-reactive ketones (excluding diaryl/α,β-unsaturated/α-hetero) is 1. The first-order valence-corrected chi connectivity index (χ1v) is 9.61. The Bertz CT molecular complexity index is 1120. The van der Waals surface area contributed by atoms with Crippen molar-refractivity contribution in [2.24, 2.45) is 0 Å². The van der Waals surface area contributed by atoms with Gasteiger partial charge in [0.25, 0.3) is 5.56 Å². The molecule has 0 amide bonds. The molecule has 3 aromatic rings. The quantitative estimate of drug-likeness (QED) is 0.365. The summed E-state index contributed by atoms with van der Waals surface area (Å²) in [7, 11) is 0. The fraction of sp³-hybridized carbons (Fsp3) is 0.143. The number of carbonyl (C=O) groups is 1. The third-order valence-corrected chi connectivity index (χ3v) is 5.49. The minimum atomic E-state index is -1.02. The van der Waals surface area contributed by atoms with E-state index in [1.807, 2.05) is 13.8 Å². The maximum Gasteiger partial charge on any atom is 0.255 e. The lowest BCUT2D eigenvalue weighted by Gasteiger charge is -2.15. The van der Waals surface area contributed by atoms with Crippen LogP contribution in [0.15, 0.2) is 53.5 Å². The van der Waals surface area contributed by atoms with E-state index in [-0.39, 0.29) is 16.7 Å². The second-order valence-electron chi connectivity index (χ2n) is 6.41. The summed E-state index contributed by atoms with van der Waals surface area (Å²) in [5.41, 5.74) is 2.09. The van der Waals surface area contributed by atoms with Crippen LogP contribution >= 0.6 is 27.5 Å². The first-order chi connectivity index (χ1) is 13.2. The summed E-state index contributed by atoms with van der Waals surface area (Å²) in [6.45, 7) is 3.63. The molecule has 0 spiro atoms. The third-order valence-electron chi connectivity index (χ3n) is 4.36. The number of ketones is 1. The molecule has 0 fully saturated rings. The summed E-state index contributed by atoms with van der Waals surface area (Å²) in [6.07, 6.45) is 1.42. The van der Waals surface area contributed by atoms with Crippen LogP contribution in [0.25, 0.3) is 5.69 Å². The third kappa shape index (κ3) is 3.93. The van der Waals surface area contributed by atoms with Crippen LogP contribution in [0.4, 0.5) is 8.78 Å². The molecule has 1 atom stereocenters. The normalized spacial score (nSPS) is 12.1. The lowest BCUT2D eigenvalue weighted by atomic mass is 10.0. The summed E-state index contributed by atoms with van der Waals surface area (Å²) >= 11 is 9.24. The second-order valence-corrected chi connectivity index (χ2v) is 7.76. The topological polar surface area (TPSA) is 39.1 Å². The first kappa shape index (κ1) is 20.4. The van der Waals surface area contributed by atoms with Crippen molar-refractivity contribution in [3.63, 3.8) is 0 Å². The summed E-state index contributed by atoms with van der Waals surface area (Å²) in [5, 5.41) is 0.548. The van der Waals surface area contributed by atoms with Crippen molar-refractivity contribution in [3.05, 3.63) is 97.9 Å². The van der Waals surface area contributed by atoms with Gasteiger partial charge in [-0.05, 0) is 49.2 Å². The van der Waals surface area contributed by atoms with E-state index in [1.165, 1.54) is 29.0 Å². The van der Waals surface area contributed by atoms with Crippen LogP contribution in [0.2, 0.25) is 5.02 Å². The minimum absolute atomic E-state index is 0.0167. The van der Waals surface area contributed by atoms with Crippen LogP contribution < -0.4 is 5.56 Å². The van der Waals surface area contributed by atoms with Crippen molar-refractivity contribution in [2.45, 2.75) is 18.7 Å². The summed E-state index contributed by atoms with van der Waals surface area (Å²) in [4.78, 5) is 24.3. The Labute approximate surface area is 173 Å². The van der Waals surface area contributed by atoms with E-state index in [2.05, 4.69) is 15.9 Å². The Balaban J connectivity index is 2.06. The number of halogens is 4. The molecule has 144 valence electrons. The van der Waals surface area contributed by atoms with Crippen LogP contribution in [-0.2, 0) is 0 Å². The maximum atomic E-state index is 14.0. The van der Waals surface area contributed by atoms with E-state index >= 15 is 0 Å². The molecule has 1 unspecified atom stereocenters. The predicted molar refractivity (Wildman–Crippen MR) is 109 cm³/mol. The average Bonchev–Trinajstić information content (AvgIpc) is 2.61. The van der Waals surface area contributed by atoms with Gasteiger partial charge < -0.3 is 0 Å². The number of pyridine rings is 1. The highest BCUT2D eigenvalue weighted by Crippen LogP contribution is 2.30. The lowest BCUT2D eigenvalue weighted by molar-refractivity contribution is 0.0989. The molecule has 0 aliphatic carbocycles. The van der Waals surface area contributed by atoms with Gasteiger partial charge in [0.15, 0.2) is 5.78 Å². The highest BCUT2D eigenvalue weighted by Gasteiger charge is 2.23. The number of alkyl halides is 1. The molecule has 3 rings (SSSR count). The Hall–Kier alpha value is -2.31. The number of aromatic nitrogens is 1. The molecule has 0 radical (unpaired) electrons. The smallest absolute Gasteiger partial charge is 0.255 e. The van der Waals surface area contributed by atoms with Crippen molar-refractivity contribution in [1.82, 2.24) is 4.57 Å². The fourth-order valence-electron chi connectivity index (χ4n) is 3.09. The van der Waals surface area contributed by atoms with Crippen LogP contribution in [0.3, 0.4) is 0 Å². The number of aryl methyl sites for hydroxylation is 2. The molecule has 1 heterocycles. The minimum Gasteiger partial charge on any atom is -0.292 e. The molecule has 0 bridgehead atoms. The van der Waals surface area contributed by atoms with Gasteiger partial charge in [-0.2, -0.15) is 0 Å². The molecule has 0 saturated heterocycles. The van der Waals surface area contributed by atoms with Gasteiger partial charge in [-0.15, -0.1) is 0 Å². The Kier molecular flexibility index (Phi) is 5.82. The number of rotatable bonds is 4. The zero-order chi connectivity index (χ0) is 20.6. The van der Waals surface area contributed by atoms with Crippen LogP contribution in [0.1, 0.15) is 31.9 Å². The molecular weight excluding hydrogens is 452 g/mol. The van der Waals surface area contributed by atoms with Gasteiger partial charge in [0, 0.05) is 34.5 Å². The van der Waals surface area contributed by atoms with Gasteiger partial charge in [0.05, 0.1) is 5.69 Å². The fourth-order valence-corrected chi connectivity index (χ4v) is 4.05. The lowest BCUT2D eigenvalue weighted by Crippen LogP contribution is -2.21. The SMILES string of the molecule is Cc1cc(Cl)cc(C)c1-n1cc(C(=O)C(Br)c2ccc(F)cc2F)ccc1=O. The Morgan fingerprint density at radius 2 is 1.71 bits per heavy atom. The van der Waals surface area contributed by atoms with E-state index in [0.717, 1.165) is 23.3 Å².